The Labute approximate surface area is 135 Å². The molecule has 1 unspecified atom stereocenters. The molecule has 0 aromatic heterocycles. The summed E-state index contributed by atoms with van der Waals surface area (Å²) < 4.78 is 0. The van der Waals surface area contributed by atoms with Gasteiger partial charge in [0.25, 0.3) is 0 Å². The molecule has 1 atom stereocenters. The van der Waals surface area contributed by atoms with Crippen LogP contribution < -0.4 is 5.48 Å². The summed E-state index contributed by atoms with van der Waals surface area (Å²) in [6.45, 7) is 5.77. The van der Waals surface area contributed by atoms with E-state index in [1.807, 2.05) is 39.0 Å². The molecule has 1 aromatic rings. The van der Waals surface area contributed by atoms with Gasteiger partial charge in [0.15, 0.2) is 0 Å². The van der Waals surface area contributed by atoms with Crippen molar-refractivity contribution in [3.05, 3.63) is 58.9 Å². The number of thiol groups is 1. The number of nitrogens with one attached hydrogen (secondary N) is 1. The van der Waals surface area contributed by atoms with Crippen LogP contribution in [0.4, 0.5) is 0 Å². The third-order valence-corrected chi connectivity index (χ3v) is 5.22. The maximum Gasteiger partial charge on any atom is 0.247 e. The minimum absolute atomic E-state index is 0.0324. The fourth-order valence-electron chi connectivity index (χ4n) is 2.17. The van der Waals surface area contributed by atoms with E-state index >= 15 is 0 Å². The predicted molar refractivity (Wildman–Crippen MR) is 94.7 cm³/mol. The highest BCUT2D eigenvalue weighted by Crippen LogP contribution is 2.35. The lowest BCUT2D eigenvalue weighted by atomic mass is 10.0. The average Bonchev–Trinajstić information content (AvgIpc) is 2.97. The molecule has 1 aliphatic heterocycles. The maximum atomic E-state index is 12.5. The fourth-order valence-corrected chi connectivity index (χ4v) is 3.96. The van der Waals surface area contributed by atoms with Gasteiger partial charge in [-0.2, -0.15) is 0 Å². The Morgan fingerprint density at radius 1 is 1.18 bits per heavy atom. The number of hydrogen-bond acceptors (Lipinski definition) is 2. The summed E-state index contributed by atoms with van der Waals surface area (Å²) in [4.78, 5) is 18.0. The van der Waals surface area contributed by atoms with Crippen molar-refractivity contribution in [1.82, 2.24) is 5.48 Å². The van der Waals surface area contributed by atoms with Crippen molar-refractivity contribution in [3.63, 3.8) is 0 Å². The zero-order chi connectivity index (χ0) is 16.0. The molecule has 0 bridgehead atoms. The number of amides is 1. The summed E-state index contributed by atoms with van der Waals surface area (Å²) in [7, 11) is -0.329. The van der Waals surface area contributed by atoms with Crippen molar-refractivity contribution in [2.24, 2.45) is 5.92 Å². The highest BCUT2D eigenvalue weighted by Gasteiger charge is 2.23. The summed E-state index contributed by atoms with van der Waals surface area (Å²) in [5.74, 6) is 0.745. The van der Waals surface area contributed by atoms with Gasteiger partial charge in [0.05, 0.1) is 11.5 Å². The van der Waals surface area contributed by atoms with Crippen LogP contribution in [0.25, 0.3) is 0 Å². The van der Waals surface area contributed by atoms with E-state index in [2.05, 4.69) is 40.6 Å². The molecule has 0 radical (unpaired) electrons. The molecule has 1 aliphatic rings. The molecule has 0 saturated carbocycles. The van der Waals surface area contributed by atoms with Crippen molar-refractivity contribution >= 4 is 16.8 Å². The molecule has 3 nitrogen and oxygen atoms in total. The van der Waals surface area contributed by atoms with Crippen molar-refractivity contribution < 1.29 is 9.63 Å². The van der Waals surface area contributed by atoms with E-state index in [-0.39, 0.29) is 28.3 Å². The van der Waals surface area contributed by atoms with Crippen LogP contribution in [0.3, 0.4) is 0 Å². The molecule has 0 saturated heterocycles. The van der Waals surface area contributed by atoms with Crippen LogP contribution in [0, 0.1) is 5.92 Å². The first-order valence-electron chi connectivity index (χ1n) is 7.56. The second kappa shape index (κ2) is 7.65. The third-order valence-electron chi connectivity index (χ3n) is 3.25. The predicted octanol–water partition coefficient (Wildman–Crippen LogP) is 3.73. The van der Waals surface area contributed by atoms with Gasteiger partial charge in [0, 0.05) is 0 Å². The van der Waals surface area contributed by atoms with Gasteiger partial charge in [-0.05, 0) is 49.3 Å². The third kappa shape index (κ3) is 5.70. The van der Waals surface area contributed by atoms with Gasteiger partial charge in [0.2, 0.25) is 5.91 Å². The van der Waals surface area contributed by atoms with Crippen LogP contribution >= 0.6 is 10.9 Å². The van der Waals surface area contributed by atoms with Crippen molar-refractivity contribution in [3.8, 4) is 0 Å². The summed E-state index contributed by atoms with van der Waals surface area (Å²) in [6.07, 6.45) is 4.87. The number of carbonyl (C=O) groups is 1. The van der Waals surface area contributed by atoms with Crippen LogP contribution in [-0.2, 0) is 16.1 Å². The van der Waals surface area contributed by atoms with Gasteiger partial charge in [0.1, 0.15) is 0 Å². The summed E-state index contributed by atoms with van der Waals surface area (Å²) in [5, 5.41) is 4.40. The Morgan fingerprint density at radius 3 is 2.41 bits per heavy atom. The first-order chi connectivity index (χ1) is 10.4. The fraction of sp³-hybridized carbons (Fsp3) is 0.389. The normalized spacial score (nSPS) is 16.8. The molecular formula is C18H25NO2S. The smallest absolute Gasteiger partial charge is 0.247 e. The largest absolute Gasteiger partial charge is 0.272 e. The molecule has 1 amide bonds. The van der Waals surface area contributed by atoms with Crippen LogP contribution in [0.15, 0.2) is 53.3 Å². The number of allylic oxidation sites excluding steroid dienone is 2. The van der Waals surface area contributed by atoms with Gasteiger partial charge in [-0.3, -0.25) is 9.63 Å². The first-order valence-corrected chi connectivity index (χ1v) is 9.23. The maximum absolute atomic E-state index is 12.5. The Hall–Kier alpha value is -1.52. The van der Waals surface area contributed by atoms with E-state index < -0.39 is 0 Å². The quantitative estimate of drug-likeness (QED) is 0.619. The van der Waals surface area contributed by atoms with Gasteiger partial charge < -0.3 is 0 Å². The van der Waals surface area contributed by atoms with Crippen LogP contribution in [-0.4, -0.2) is 17.3 Å². The van der Waals surface area contributed by atoms with Gasteiger partial charge in [-0.15, -0.1) is 0 Å². The average molecular weight is 319 g/mol. The first kappa shape index (κ1) is 16.8. The molecular weight excluding hydrogens is 294 g/mol. The number of benzene rings is 1. The van der Waals surface area contributed by atoms with E-state index in [9.17, 15) is 4.79 Å². The van der Waals surface area contributed by atoms with Gasteiger partial charge in [-0.25, -0.2) is 16.4 Å². The Morgan fingerprint density at radius 2 is 1.82 bits per heavy atom. The van der Waals surface area contributed by atoms with Crippen LogP contribution in [0.5, 0.6) is 0 Å². The number of rotatable bonds is 6. The molecule has 1 heterocycles. The van der Waals surface area contributed by atoms with Crippen molar-refractivity contribution in [1.29, 1.82) is 0 Å². The van der Waals surface area contributed by atoms with E-state index in [0.717, 1.165) is 12.2 Å². The molecule has 0 aliphatic carbocycles. The number of carbonyl (C=O) groups excluding carboxylic acids is 1. The SMILES string of the molecule is CC(C)(C)ONC(=O)C(Cc1ccccc1)C[SH]1C=CC=C1. The standard InChI is InChI=1S/C18H25NO2S/c1-18(2,3)21-19-17(20)16(14-22-11-7-8-12-22)13-15-9-5-4-6-10-15/h4-12,16,22H,13-14H2,1-3H3,(H,19,20). The summed E-state index contributed by atoms with van der Waals surface area (Å²) in [5.41, 5.74) is 3.44. The second-order valence-corrected chi connectivity index (χ2v) is 8.44. The summed E-state index contributed by atoms with van der Waals surface area (Å²) >= 11 is 0. The van der Waals surface area contributed by atoms with Crippen molar-refractivity contribution in [2.75, 3.05) is 5.75 Å². The van der Waals surface area contributed by atoms with E-state index in [4.69, 9.17) is 4.84 Å². The molecule has 120 valence electrons. The topological polar surface area (TPSA) is 38.3 Å². The zero-order valence-electron chi connectivity index (χ0n) is 13.5. The molecule has 2 rings (SSSR count). The van der Waals surface area contributed by atoms with Gasteiger partial charge in [-0.1, -0.05) is 42.5 Å². The molecule has 1 aromatic carbocycles. The number of hydroxylamine groups is 1. The van der Waals surface area contributed by atoms with Crippen molar-refractivity contribution in [2.45, 2.75) is 32.8 Å². The molecule has 1 N–H and O–H groups in total. The Balaban J connectivity index is 2.01. The minimum Gasteiger partial charge on any atom is -0.272 e. The van der Waals surface area contributed by atoms with Crippen LogP contribution in [0.2, 0.25) is 0 Å². The number of hydrogen-bond donors (Lipinski definition) is 2. The Bertz CT molecular complexity index is 534. The highest BCUT2D eigenvalue weighted by atomic mass is 32.2. The lowest BCUT2D eigenvalue weighted by Gasteiger charge is -2.24. The minimum atomic E-state index is -0.383. The van der Waals surface area contributed by atoms with Crippen LogP contribution in [0.1, 0.15) is 26.3 Å². The molecule has 0 fully saturated rings. The second-order valence-electron chi connectivity index (χ2n) is 6.45. The van der Waals surface area contributed by atoms with E-state index in [1.54, 1.807) is 0 Å². The Kier molecular flexibility index (Phi) is 5.86. The van der Waals surface area contributed by atoms with E-state index in [1.165, 1.54) is 5.56 Å². The van der Waals surface area contributed by atoms with E-state index in [0.29, 0.717) is 0 Å². The molecule has 4 heteroatoms. The zero-order valence-corrected chi connectivity index (χ0v) is 14.3. The molecule has 0 spiro atoms. The lowest BCUT2D eigenvalue weighted by molar-refractivity contribution is -0.149. The monoisotopic (exact) mass is 319 g/mol. The summed E-state index contributed by atoms with van der Waals surface area (Å²) in [6, 6.07) is 10.2. The lowest BCUT2D eigenvalue weighted by Crippen LogP contribution is -2.39. The highest BCUT2D eigenvalue weighted by molar-refractivity contribution is 8.22. The molecule has 22 heavy (non-hydrogen) atoms. The van der Waals surface area contributed by atoms with Gasteiger partial charge >= 0.3 is 0 Å².